The van der Waals surface area contributed by atoms with Gasteiger partial charge in [-0.05, 0) is 13.3 Å². The van der Waals surface area contributed by atoms with E-state index in [2.05, 4.69) is 5.10 Å². The Bertz CT molecular complexity index is 336. The second-order valence-corrected chi connectivity index (χ2v) is 3.53. The van der Waals surface area contributed by atoms with E-state index in [0.717, 1.165) is 6.42 Å². The van der Waals surface area contributed by atoms with Crippen molar-refractivity contribution in [2.45, 2.75) is 26.8 Å². The Labute approximate surface area is 94.2 Å². The fourth-order valence-corrected chi connectivity index (χ4v) is 1.53. The van der Waals surface area contributed by atoms with Crippen LogP contribution in [0.4, 0.5) is 0 Å². The Balaban J connectivity index is 2.80. The highest BCUT2D eigenvalue weighted by Gasteiger charge is 2.16. The average Bonchev–Trinajstić information content (AvgIpc) is 2.57. The minimum atomic E-state index is -0.118. The molecule has 0 aromatic carbocycles. The van der Waals surface area contributed by atoms with E-state index in [-0.39, 0.29) is 12.4 Å². The number of aromatic nitrogens is 2. The van der Waals surface area contributed by atoms with Crippen molar-refractivity contribution in [1.82, 2.24) is 9.78 Å². The standard InChI is InChI=1S/C10H15ClN2O2/c1-3-5-13-10(8(11)6-12-13)9(14)7-15-4-2/h6H,3-5,7H2,1-2H3. The van der Waals surface area contributed by atoms with Crippen LogP contribution in [0.15, 0.2) is 6.20 Å². The molecule has 0 amide bonds. The topological polar surface area (TPSA) is 44.1 Å². The quantitative estimate of drug-likeness (QED) is 0.704. The van der Waals surface area contributed by atoms with E-state index in [0.29, 0.717) is 23.9 Å². The Hall–Kier alpha value is -0.870. The van der Waals surface area contributed by atoms with Crippen LogP contribution < -0.4 is 0 Å². The third kappa shape index (κ3) is 3.04. The Kier molecular flexibility index (Phi) is 4.78. The minimum absolute atomic E-state index is 0.0611. The van der Waals surface area contributed by atoms with Gasteiger partial charge in [0.05, 0.1) is 11.2 Å². The number of Topliss-reactive ketones (excluding diaryl/α,β-unsaturated/α-hetero) is 1. The molecule has 0 unspecified atom stereocenters. The van der Waals surface area contributed by atoms with Crippen molar-refractivity contribution in [3.05, 3.63) is 16.9 Å². The van der Waals surface area contributed by atoms with Crippen molar-refractivity contribution in [2.24, 2.45) is 0 Å². The molecule has 1 aromatic heterocycles. The first kappa shape index (κ1) is 12.2. The molecule has 0 saturated heterocycles. The monoisotopic (exact) mass is 230 g/mol. The van der Waals surface area contributed by atoms with Crippen LogP contribution in [-0.4, -0.2) is 28.8 Å². The van der Waals surface area contributed by atoms with E-state index in [9.17, 15) is 4.79 Å². The number of carbonyl (C=O) groups excluding carboxylic acids is 1. The fourth-order valence-electron chi connectivity index (χ4n) is 1.28. The first-order valence-corrected chi connectivity index (χ1v) is 5.40. The number of aryl methyl sites for hydroxylation is 1. The molecule has 0 radical (unpaired) electrons. The van der Waals surface area contributed by atoms with Gasteiger partial charge in [-0.1, -0.05) is 18.5 Å². The van der Waals surface area contributed by atoms with Gasteiger partial charge < -0.3 is 4.74 Å². The van der Waals surface area contributed by atoms with Crippen LogP contribution in [0.25, 0.3) is 0 Å². The highest BCUT2D eigenvalue weighted by molar-refractivity contribution is 6.33. The third-order valence-corrected chi connectivity index (χ3v) is 2.21. The molecule has 0 saturated carbocycles. The zero-order valence-electron chi connectivity index (χ0n) is 8.99. The zero-order valence-corrected chi connectivity index (χ0v) is 9.75. The summed E-state index contributed by atoms with van der Waals surface area (Å²) in [6, 6.07) is 0. The summed E-state index contributed by atoms with van der Waals surface area (Å²) in [7, 11) is 0. The summed E-state index contributed by atoms with van der Waals surface area (Å²) in [5.41, 5.74) is 0.451. The van der Waals surface area contributed by atoms with Crippen LogP contribution in [0.3, 0.4) is 0 Å². The molecule has 1 rings (SSSR count). The van der Waals surface area contributed by atoms with E-state index in [1.54, 1.807) is 4.68 Å². The van der Waals surface area contributed by atoms with Gasteiger partial charge in [-0.15, -0.1) is 0 Å². The lowest BCUT2D eigenvalue weighted by molar-refractivity contribution is 0.0772. The number of carbonyl (C=O) groups is 1. The summed E-state index contributed by atoms with van der Waals surface area (Å²) in [5.74, 6) is -0.118. The first-order chi connectivity index (χ1) is 7.20. The Morgan fingerprint density at radius 3 is 2.93 bits per heavy atom. The molecule has 0 fully saturated rings. The number of nitrogens with zero attached hydrogens (tertiary/aromatic N) is 2. The van der Waals surface area contributed by atoms with Crippen LogP contribution in [0, 0.1) is 0 Å². The van der Waals surface area contributed by atoms with Gasteiger partial charge in [-0.25, -0.2) is 0 Å². The molecular weight excluding hydrogens is 216 g/mol. The summed E-state index contributed by atoms with van der Waals surface area (Å²) in [6.45, 7) is 5.14. The molecule has 84 valence electrons. The van der Waals surface area contributed by atoms with E-state index in [1.165, 1.54) is 6.20 Å². The summed E-state index contributed by atoms with van der Waals surface area (Å²) in [5, 5.41) is 4.44. The van der Waals surface area contributed by atoms with E-state index >= 15 is 0 Å². The minimum Gasteiger partial charge on any atom is -0.374 e. The number of ketones is 1. The van der Waals surface area contributed by atoms with Crippen LogP contribution >= 0.6 is 11.6 Å². The summed E-state index contributed by atoms with van der Waals surface area (Å²) in [4.78, 5) is 11.7. The molecule has 0 aliphatic carbocycles. The first-order valence-electron chi connectivity index (χ1n) is 5.02. The Morgan fingerprint density at radius 1 is 1.60 bits per heavy atom. The molecular formula is C10H15ClN2O2. The van der Waals surface area contributed by atoms with Crippen molar-refractivity contribution in [1.29, 1.82) is 0 Å². The number of rotatable bonds is 6. The zero-order chi connectivity index (χ0) is 11.3. The maximum atomic E-state index is 11.7. The third-order valence-electron chi connectivity index (χ3n) is 1.93. The van der Waals surface area contributed by atoms with Gasteiger partial charge in [0.15, 0.2) is 0 Å². The predicted molar refractivity (Wildman–Crippen MR) is 58.4 cm³/mol. The summed E-state index contributed by atoms with van der Waals surface area (Å²) >= 11 is 5.89. The lowest BCUT2D eigenvalue weighted by atomic mass is 10.3. The number of ether oxygens (including phenoxy) is 1. The normalized spacial score (nSPS) is 10.6. The molecule has 0 aliphatic heterocycles. The van der Waals surface area contributed by atoms with E-state index in [1.807, 2.05) is 13.8 Å². The largest absolute Gasteiger partial charge is 0.374 e. The molecule has 0 bridgehead atoms. The predicted octanol–water partition coefficient (Wildman–Crippen LogP) is 2.17. The van der Waals surface area contributed by atoms with Crippen molar-refractivity contribution >= 4 is 17.4 Å². The van der Waals surface area contributed by atoms with Gasteiger partial charge >= 0.3 is 0 Å². The molecule has 5 heteroatoms. The van der Waals surface area contributed by atoms with E-state index in [4.69, 9.17) is 16.3 Å². The second kappa shape index (κ2) is 5.88. The summed E-state index contributed by atoms with van der Waals surface area (Å²) in [6.07, 6.45) is 2.41. The number of halogens is 1. The smallest absolute Gasteiger partial charge is 0.207 e. The lowest BCUT2D eigenvalue weighted by Crippen LogP contribution is -2.15. The van der Waals surface area contributed by atoms with Crippen molar-refractivity contribution in [3.63, 3.8) is 0 Å². The second-order valence-electron chi connectivity index (χ2n) is 3.12. The molecule has 15 heavy (non-hydrogen) atoms. The molecule has 1 heterocycles. The van der Waals surface area contributed by atoms with Crippen molar-refractivity contribution < 1.29 is 9.53 Å². The number of hydrogen-bond acceptors (Lipinski definition) is 3. The Morgan fingerprint density at radius 2 is 2.33 bits per heavy atom. The molecule has 0 N–H and O–H groups in total. The van der Waals surface area contributed by atoms with Gasteiger partial charge in [0.25, 0.3) is 0 Å². The average molecular weight is 231 g/mol. The highest BCUT2D eigenvalue weighted by atomic mass is 35.5. The van der Waals surface area contributed by atoms with Crippen molar-refractivity contribution in [2.75, 3.05) is 13.2 Å². The van der Waals surface area contributed by atoms with Gasteiger partial charge in [0.2, 0.25) is 5.78 Å². The van der Waals surface area contributed by atoms with Gasteiger partial charge in [-0.2, -0.15) is 5.10 Å². The molecule has 0 atom stereocenters. The van der Waals surface area contributed by atoms with Crippen LogP contribution in [0.1, 0.15) is 30.8 Å². The molecule has 0 spiro atoms. The lowest BCUT2D eigenvalue weighted by Gasteiger charge is -2.05. The molecule has 4 nitrogen and oxygen atoms in total. The molecule has 1 aromatic rings. The SMILES string of the molecule is CCCn1ncc(Cl)c1C(=O)COCC. The highest BCUT2D eigenvalue weighted by Crippen LogP contribution is 2.16. The maximum absolute atomic E-state index is 11.7. The maximum Gasteiger partial charge on any atom is 0.207 e. The fraction of sp³-hybridized carbons (Fsp3) is 0.600. The van der Waals surface area contributed by atoms with E-state index < -0.39 is 0 Å². The van der Waals surface area contributed by atoms with Crippen LogP contribution in [0.2, 0.25) is 5.02 Å². The van der Waals surface area contributed by atoms with Gasteiger partial charge in [0.1, 0.15) is 12.3 Å². The summed E-state index contributed by atoms with van der Waals surface area (Å²) < 4.78 is 6.69. The van der Waals surface area contributed by atoms with Gasteiger partial charge in [0, 0.05) is 13.2 Å². The van der Waals surface area contributed by atoms with Crippen LogP contribution in [0.5, 0.6) is 0 Å². The van der Waals surface area contributed by atoms with Crippen molar-refractivity contribution in [3.8, 4) is 0 Å². The molecule has 0 aliphatic rings. The van der Waals surface area contributed by atoms with Gasteiger partial charge in [-0.3, -0.25) is 9.48 Å². The van der Waals surface area contributed by atoms with Crippen LogP contribution in [-0.2, 0) is 11.3 Å². The number of hydrogen-bond donors (Lipinski definition) is 0.